The lowest BCUT2D eigenvalue weighted by atomic mass is 9.88. The molecule has 22 heavy (non-hydrogen) atoms. The summed E-state index contributed by atoms with van der Waals surface area (Å²) >= 11 is 5.95. The van der Waals surface area contributed by atoms with Gasteiger partial charge in [-0.3, -0.25) is 4.79 Å². The van der Waals surface area contributed by atoms with E-state index >= 15 is 0 Å². The van der Waals surface area contributed by atoms with Crippen molar-refractivity contribution in [3.63, 3.8) is 0 Å². The molecule has 0 bridgehead atoms. The molecule has 0 aliphatic carbocycles. The van der Waals surface area contributed by atoms with Gasteiger partial charge in [-0.1, -0.05) is 37.9 Å². The van der Waals surface area contributed by atoms with Gasteiger partial charge in [0.25, 0.3) is 0 Å². The molecule has 2 rings (SSSR count). The molecule has 1 amide bonds. The summed E-state index contributed by atoms with van der Waals surface area (Å²) in [4.78, 5) is 15.2. The van der Waals surface area contributed by atoms with Crippen LogP contribution in [0.15, 0.2) is 24.4 Å². The van der Waals surface area contributed by atoms with Gasteiger partial charge in [-0.25, -0.2) is 0 Å². The molecule has 5 heteroatoms. The summed E-state index contributed by atoms with van der Waals surface area (Å²) in [5.74, 6) is 0.0301. The van der Waals surface area contributed by atoms with E-state index in [1.165, 1.54) is 0 Å². The lowest BCUT2D eigenvalue weighted by Crippen LogP contribution is -2.45. The Morgan fingerprint density at radius 1 is 1.50 bits per heavy atom. The van der Waals surface area contributed by atoms with Crippen molar-refractivity contribution < 1.29 is 9.90 Å². The lowest BCUT2D eigenvalue weighted by Gasteiger charge is -2.29. The molecule has 0 saturated carbocycles. The normalized spacial score (nSPS) is 15.5. The van der Waals surface area contributed by atoms with E-state index in [4.69, 9.17) is 11.6 Å². The second-order valence-electron chi connectivity index (χ2n) is 6.12. The number of fused-ring (bicyclic) bond motifs is 1. The van der Waals surface area contributed by atoms with E-state index < -0.39 is 5.60 Å². The number of aromatic nitrogens is 1. The Morgan fingerprint density at radius 2 is 2.23 bits per heavy atom. The van der Waals surface area contributed by atoms with Crippen LogP contribution in [0.1, 0.15) is 32.8 Å². The van der Waals surface area contributed by atoms with Gasteiger partial charge in [0.1, 0.15) is 0 Å². The maximum absolute atomic E-state index is 12.1. The van der Waals surface area contributed by atoms with Crippen LogP contribution in [0.5, 0.6) is 0 Å². The van der Waals surface area contributed by atoms with Gasteiger partial charge in [0, 0.05) is 28.7 Å². The fourth-order valence-corrected chi connectivity index (χ4v) is 2.60. The lowest BCUT2D eigenvalue weighted by molar-refractivity contribution is -0.122. The molecule has 0 aliphatic heterocycles. The smallest absolute Gasteiger partial charge is 0.224 e. The quantitative estimate of drug-likeness (QED) is 0.764. The molecule has 0 fully saturated rings. The van der Waals surface area contributed by atoms with Crippen molar-refractivity contribution in [2.24, 2.45) is 5.92 Å². The summed E-state index contributed by atoms with van der Waals surface area (Å²) in [7, 11) is 0. The zero-order chi connectivity index (χ0) is 16.3. The standard InChI is InChI=1S/C17H23ClN2O2/c1-4-11(2)17(3,22)10-20-16(21)7-12-9-19-15-8-13(18)5-6-14(12)15/h5-6,8-9,11,19,22H,4,7,10H2,1-3H3,(H,20,21). The first-order chi connectivity index (χ1) is 10.3. The van der Waals surface area contributed by atoms with Crippen molar-refractivity contribution in [3.05, 3.63) is 35.0 Å². The fourth-order valence-electron chi connectivity index (χ4n) is 2.43. The summed E-state index contributed by atoms with van der Waals surface area (Å²) in [5, 5.41) is 14.8. The molecule has 2 unspecified atom stereocenters. The molecule has 2 aromatic rings. The van der Waals surface area contributed by atoms with Gasteiger partial charge in [0.15, 0.2) is 0 Å². The molecular weight excluding hydrogens is 300 g/mol. The minimum absolute atomic E-state index is 0.0978. The Bertz CT molecular complexity index is 664. The Hall–Kier alpha value is -1.52. The number of nitrogens with one attached hydrogen (secondary N) is 2. The molecule has 3 N–H and O–H groups in total. The first-order valence-electron chi connectivity index (χ1n) is 7.58. The molecule has 0 saturated heterocycles. The number of aromatic amines is 1. The van der Waals surface area contributed by atoms with E-state index in [0.717, 1.165) is 22.9 Å². The van der Waals surface area contributed by atoms with Crippen LogP contribution in [0.2, 0.25) is 5.02 Å². The molecule has 0 radical (unpaired) electrons. The molecule has 1 aromatic carbocycles. The third kappa shape index (κ3) is 3.81. The average molecular weight is 323 g/mol. The number of carbonyl (C=O) groups excluding carboxylic acids is 1. The monoisotopic (exact) mass is 322 g/mol. The van der Waals surface area contributed by atoms with E-state index in [1.54, 1.807) is 6.92 Å². The van der Waals surface area contributed by atoms with Gasteiger partial charge in [0.2, 0.25) is 5.91 Å². The largest absolute Gasteiger partial charge is 0.388 e. The van der Waals surface area contributed by atoms with Crippen LogP contribution in [0.25, 0.3) is 10.9 Å². The predicted molar refractivity (Wildman–Crippen MR) is 90.1 cm³/mol. The fraction of sp³-hybridized carbons (Fsp3) is 0.471. The molecule has 0 aliphatic rings. The third-order valence-corrected chi connectivity index (χ3v) is 4.63. The van der Waals surface area contributed by atoms with Crippen LogP contribution in [0, 0.1) is 5.92 Å². The number of carbonyl (C=O) groups is 1. The van der Waals surface area contributed by atoms with Gasteiger partial charge in [0.05, 0.1) is 12.0 Å². The molecule has 120 valence electrons. The second-order valence-corrected chi connectivity index (χ2v) is 6.56. The van der Waals surface area contributed by atoms with E-state index in [-0.39, 0.29) is 24.8 Å². The van der Waals surface area contributed by atoms with Crippen molar-refractivity contribution in [3.8, 4) is 0 Å². The van der Waals surface area contributed by atoms with Gasteiger partial charge >= 0.3 is 0 Å². The van der Waals surface area contributed by atoms with Crippen molar-refractivity contribution in [2.75, 3.05) is 6.54 Å². The van der Waals surface area contributed by atoms with Crippen molar-refractivity contribution in [1.82, 2.24) is 10.3 Å². The van der Waals surface area contributed by atoms with Crippen LogP contribution in [-0.4, -0.2) is 28.1 Å². The van der Waals surface area contributed by atoms with Gasteiger partial charge in [-0.05, 0) is 30.5 Å². The second kappa shape index (κ2) is 6.71. The summed E-state index contributed by atoms with van der Waals surface area (Å²) in [5.41, 5.74) is 0.951. The highest BCUT2D eigenvalue weighted by Crippen LogP contribution is 2.23. The zero-order valence-electron chi connectivity index (χ0n) is 13.2. The van der Waals surface area contributed by atoms with Crippen LogP contribution < -0.4 is 5.32 Å². The first-order valence-corrected chi connectivity index (χ1v) is 7.96. The molecular formula is C17H23ClN2O2. The molecule has 4 nitrogen and oxygen atoms in total. The summed E-state index contributed by atoms with van der Waals surface area (Å²) in [6.07, 6.45) is 2.97. The summed E-state index contributed by atoms with van der Waals surface area (Å²) in [6, 6.07) is 5.56. The van der Waals surface area contributed by atoms with Crippen LogP contribution in [0.4, 0.5) is 0 Å². The van der Waals surface area contributed by atoms with Crippen molar-refractivity contribution >= 4 is 28.4 Å². The minimum Gasteiger partial charge on any atom is -0.388 e. The number of rotatable bonds is 6. The van der Waals surface area contributed by atoms with Gasteiger partial charge < -0.3 is 15.4 Å². The number of amides is 1. The molecule has 1 aromatic heterocycles. The van der Waals surface area contributed by atoms with Crippen LogP contribution in [-0.2, 0) is 11.2 Å². The Morgan fingerprint density at radius 3 is 2.91 bits per heavy atom. The number of hydrogen-bond donors (Lipinski definition) is 3. The number of benzene rings is 1. The number of halogens is 1. The van der Waals surface area contributed by atoms with E-state index in [1.807, 2.05) is 38.2 Å². The number of H-pyrrole nitrogens is 1. The van der Waals surface area contributed by atoms with Gasteiger partial charge in [-0.2, -0.15) is 0 Å². The van der Waals surface area contributed by atoms with E-state index in [9.17, 15) is 9.90 Å². The van der Waals surface area contributed by atoms with Crippen molar-refractivity contribution in [2.45, 2.75) is 39.2 Å². The maximum Gasteiger partial charge on any atom is 0.224 e. The topological polar surface area (TPSA) is 65.1 Å². The molecule has 0 spiro atoms. The maximum atomic E-state index is 12.1. The number of aliphatic hydroxyl groups is 1. The molecule has 1 heterocycles. The highest BCUT2D eigenvalue weighted by atomic mass is 35.5. The van der Waals surface area contributed by atoms with Crippen molar-refractivity contribution in [1.29, 1.82) is 0 Å². The highest BCUT2D eigenvalue weighted by Gasteiger charge is 2.27. The third-order valence-electron chi connectivity index (χ3n) is 4.40. The first kappa shape index (κ1) is 16.8. The zero-order valence-corrected chi connectivity index (χ0v) is 14.0. The Balaban J connectivity index is 1.99. The van der Waals surface area contributed by atoms with Crippen LogP contribution >= 0.6 is 11.6 Å². The highest BCUT2D eigenvalue weighted by molar-refractivity contribution is 6.31. The predicted octanol–water partition coefficient (Wildman–Crippen LogP) is 3.28. The van der Waals surface area contributed by atoms with E-state index in [0.29, 0.717) is 5.02 Å². The molecule has 2 atom stereocenters. The Labute approximate surface area is 135 Å². The minimum atomic E-state index is -0.891. The summed E-state index contributed by atoms with van der Waals surface area (Å²) in [6.45, 7) is 6.03. The van der Waals surface area contributed by atoms with Gasteiger partial charge in [-0.15, -0.1) is 0 Å². The number of hydrogen-bond acceptors (Lipinski definition) is 2. The van der Waals surface area contributed by atoms with E-state index in [2.05, 4.69) is 10.3 Å². The average Bonchev–Trinajstić information content (AvgIpc) is 2.86. The SMILES string of the molecule is CCC(C)C(C)(O)CNC(=O)Cc1c[nH]c2cc(Cl)ccc12. The summed E-state index contributed by atoms with van der Waals surface area (Å²) < 4.78 is 0. The Kier molecular flexibility index (Phi) is 5.14. The van der Waals surface area contributed by atoms with Crippen LogP contribution in [0.3, 0.4) is 0 Å².